The van der Waals surface area contributed by atoms with Gasteiger partial charge in [-0.1, -0.05) is 27.7 Å². The molecule has 0 fully saturated rings. The number of aryl methyl sites for hydroxylation is 2. The molecule has 0 atom stereocenters. The molecule has 0 aliphatic heterocycles. The van der Waals surface area contributed by atoms with Crippen LogP contribution >= 0.6 is 0 Å². The highest BCUT2D eigenvalue weighted by atomic mass is 15.3. The van der Waals surface area contributed by atoms with E-state index in [0.717, 1.165) is 31.3 Å². The average molecular weight is 238 g/mol. The van der Waals surface area contributed by atoms with Gasteiger partial charge in [0.2, 0.25) is 0 Å². The van der Waals surface area contributed by atoms with Crippen LogP contribution in [0.2, 0.25) is 0 Å². The van der Waals surface area contributed by atoms with E-state index < -0.39 is 0 Å². The smallest absolute Gasteiger partial charge is 0.147 e. The molecule has 0 aliphatic carbocycles. The quantitative estimate of drug-likeness (QED) is 0.826. The lowest BCUT2D eigenvalue weighted by molar-refractivity contribution is 0.269. The highest BCUT2D eigenvalue weighted by molar-refractivity contribution is 4.89. The summed E-state index contributed by atoms with van der Waals surface area (Å²) in [5.41, 5.74) is 0.194. The van der Waals surface area contributed by atoms with Crippen LogP contribution in [-0.4, -0.2) is 27.9 Å². The number of nitrogens with one attached hydrogen (secondary N) is 1. The first-order chi connectivity index (χ1) is 7.80. The molecule has 4 nitrogen and oxygen atoms in total. The van der Waals surface area contributed by atoms with E-state index in [-0.39, 0.29) is 5.41 Å². The van der Waals surface area contributed by atoms with Gasteiger partial charge in [-0.05, 0) is 31.7 Å². The van der Waals surface area contributed by atoms with Crippen LogP contribution < -0.4 is 5.32 Å². The van der Waals surface area contributed by atoms with Gasteiger partial charge in [0.05, 0.1) is 0 Å². The summed E-state index contributed by atoms with van der Waals surface area (Å²) in [6.07, 6.45) is 0. The number of rotatable bonds is 6. The summed E-state index contributed by atoms with van der Waals surface area (Å²) >= 11 is 0. The lowest BCUT2D eigenvalue weighted by Gasteiger charge is -2.25. The van der Waals surface area contributed by atoms with Crippen LogP contribution in [0.3, 0.4) is 0 Å². The Morgan fingerprint density at radius 1 is 1.29 bits per heavy atom. The molecular weight excluding hydrogens is 212 g/mol. The second-order valence-corrected chi connectivity index (χ2v) is 6.05. The lowest BCUT2D eigenvalue weighted by Crippen LogP contribution is -2.35. The van der Waals surface area contributed by atoms with E-state index in [1.165, 1.54) is 0 Å². The highest BCUT2D eigenvalue weighted by Gasteiger charge is 2.20. The van der Waals surface area contributed by atoms with E-state index in [1.54, 1.807) is 0 Å². The van der Waals surface area contributed by atoms with Gasteiger partial charge in [-0.3, -0.25) is 0 Å². The number of nitrogens with zero attached hydrogens (tertiary/aromatic N) is 3. The van der Waals surface area contributed by atoms with Crippen LogP contribution in [0.5, 0.6) is 0 Å². The maximum atomic E-state index is 4.42. The minimum absolute atomic E-state index is 0.194. The molecule has 98 valence electrons. The van der Waals surface area contributed by atoms with E-state index in [1.807, 2.05) is 18.5 Å². The molecule has 1 aromatic rings. The van der Waals surface area contributed by atoms with E-state index in [0.29, 0.717) is 5.92 Å². The van der Waals surface area contributed by atoms with Gasteiger partial charge >= 0.3 is 0 Å². The third-order valence-electron chi connectivity index (χ3n) is 2.70. The van der Waals surface area contributed by atoms with Crippen molar-refractivity contribution in [3.8, 4) is 0 Å². The first-order valence-electron chi connectivity index (χ1n) is 6.39. The Labute approximate surface area is 105 Å². The third-order valence-corrected chi connectivity index (χ3v) is 2.70. The normalized spacial score (nSPS) is 12.4. The van der Waals surface area contributed by atoms with Gasteiger partial charge in [0.25, 0.3) is 0 Å². The number of hydrogen-bond acceptors (Lipinski definition) is 3. The summed E-state index contributed by atoms with van der Waals surface area (Å²) in [6, 6.07) is 0. The molecule has 1 heterocycles. The first-order valence-corrected chi connectivity index (χ1v) is 6.39. The molecule has 0 aromatic carbocycles. The Kier molecular flexibility index (Phi) is 4.69. The molecule has 0 aliphatic rings. The molecule has 0 bridgehead atoms. The molecule has 0 saturated heterocycles. The second-order valence-electron chi connectivity index (χ2n) is 6.05. The van der Waals surface area contributed by atoms with Crippen molar-refractivity contribution in [1.29, 1.82) is 0 Å². The van der Waals surface area contributed by atoms with Crippen molar-refractivity contribution >= 4 is 0 Å². The molecule has 4 heteroatoms. The summed E-state index contributed by atoms with van der Waals surface area (Å²) < 4.78 is 2.01. The molecule has 0 saturated carbocycles. The van der Waals surface area contributed by atoms with Gasteiger partial charge < -0.3 is 5.32 Å². The van der Waals surface area contributed by atoms with Gasteiger partial charge in [0, 0.05) is 13.1 Å². The second kappa shape index (κ2) is 5.63. The molecule has 0 spiro atoms. The molecule has 1 aromatic heterocycles. The van der Waals surface area contributed by atoms with E-state index >= 15 is 0 Å². The molecule has 1 rings (SSSR count). The van der Waals surface area contributed by atoms with Gasteiger partial charge in [0.15, 0.2) is 0 Å². The molecule has 1 N–H and O–H groups in total. The molecule has 0 amide bonds. The van der Waals surface area contributed by atoms with Crippen LogP contribution in [0.4, 0.5) is 0 Å². The Hall–Kier alpha value is -0.900. The van der Waals surface area contributed by atoms with Gasteiger partial charge in [-0.15, -0.1) is 0 Å². The molecular formula is C13H26N4. The predicted molar refractivity (Wildman–Crippen MR) is 71.0 cm³/mol. The minimum Gasteiger partial charge on any atom is -0.316 e. The van der Waals surface area contributed by atoms with Crippen LogP contribution in [0.25, 0.3) is 0 Å². The highest BCUT2D eigenvalue weighted by Crippen LogP contribution is 2.17. The van der Waals surface area contributed by atoms with Crippen molar-refractivity contribution in [2.24, 2.45) is 11.3 Å². The minimum atomic E-state index is 0.194. The number of hydrogen-bond donors (Lipinski definition) is 1. The topological polar surface area (TPSA) is 42.7 Å². The fourth-order valence-corrected chi connectivity index (χ4v) is 1.87. The standard InChI is InChI=1S/C13H26N4/c1-10(2)7-14-8-13(5,6)9-17-12(4)15-11(3)16-17/h10,14H,7-9H2,1-6H3. The third kappa shape index (κ3) is 4.86. The predicted octanol–water partition coefficient (Wildman–Crippen LogP) is 2.17. The zero-order valence-corrected chi connectivity index (χ0v) is 12.0. The Morgan fingerprint density at radius 3 is 2.41 bits per heavy atom. The Morgan fingerprint density at radius 2 is 1.94 bits per heavy atom. The molecule has 0 radical (unpaired) electrons. The van der Waals surface area contributed by atoms with E-state index in [2.05, 4.69) is 43.1 Å². The van der Waals surface area contributed by atoms with Gasteiger partial charge in [-0.25, -0.2) is 9.67 Å². The average Bonchev–Trinajstić information content (AvgIpc) is 2.42. The van der Waals surface area contributed by atoms with Gasteiger partial charge in [0.1, 0.15) is 11.6 Å². The maximum Gasteiger partial charge on any atom is 0.147 e. The zero-order valence-electron chi connectivity index (χ0n) is 12.0. The first kappa shape index (κ1) is 14.2. The number of aromatic nitrogens is 3. The van der Waals surface area contributed by atoms with Crippen molar-refractivity contribution in [1.82, 2.24) is 20.1 Å². The van der Waals surface area contributed by atoms with Crippen LogP contribution in [-0.2, 0) is 6.54 Å². The van der Waals surface area contributed by atoms with Crippen molar-refractivity contribution in [2.75, 3.05) is 13.1 Å². The lowest BCUT2D eigenvalue weighted by atomic mass is 9.93. The van der Waals surface area contributed by atoms with Crippen molar-refractivity contribution in [3.63, 3.8) is 0 Å². The largest absolute Gasteiger partial charge is 0.316 e. The zero-order chi connectivity index (χ0) is 13.1. The van der Waals surface area contributed by atoms with Crippen LogP contribution in [0, 0.1) is 25.2 Å². The monoisotopic (exact) mass is 238 g/mol. The van der Waals surface area contributed by atoms with E-state index in [9.17, 15) is 0 Å². The molecule has 17 heavy (non-hydrogen) atoms. The van der Waals surface area contributed by atoms with E-state index in [4.69, 9.17) is 0 Å². The van der Waals surface area contributed by atoms with Gasteiger partial charge in [-0.2, -0.15) is 5.10 Å². The van der Waals surface area contributed by atoms with Crippen molar-refractivity contribution in [2.45, 2.75) is 48.1 Å². The van der Waals surface area contributed by atoms with Crippen LogP contribution in [0.15, 0.2) is 0 Å². The Balaban J connectivity index is 2.51. The summed E-state index contributed by atoms with van der Waals surface area (Å²) in [7, 11) is 0. The Bertz CT molecular complexity index is 352. The molecule has 0 unspecified atom stereocenters. The summed E-state index contributed by atoms with van der Waals surface area (Å²) in [6.45, 7) is 15.9. The summed E-state index contributed by atoms with van der Waals surface area (Å²) in [5, 5.41) is 7.93. The van der Waals surface area contributed by atoms with Crippen LogP contribution in [0.1, 0.15) is 39.3 Å². The summed E-state index contributed by atoms with van der Waals surface area (Å²) in [4.78, 5) is 4.34. The van der Waals surface area contributed by atoms with Crippen molar-refractivity contribution in [3.05, 3.63) is 11.6 Å². The fraction of sp³-hybridized carbons (Fsp3) is 0.846. The van der Waals surface area contributed by atoms with Crippen molar-refractivity contribution < 1.29 is 0 Å². The summed E-state index contributed by atoms with van der Waals surface area (Å²) in [5.74, 6) is 2.55. The maximum absolute atomic E-state index is 4.42. The SMILES string of the molecule is Cc1nc(C)n(CC(C)(C)CNCC(C)C)n1. The fourth-order valence-electron chi connectivity index (χ4n) is 1.87.